The molecule has 2 amide bonds. The van der Waals surface area contributed by atoms with E-state index in [1.807, 2.05) is 0 Å². The fraction of sp³-hybridized carbons (Fsp3) is 0.750. The molecule has 0 unspecified atom stereocenters. The molecule has 2 aliphatic carbocycles. The van der Waals surface area contributed by atoms with Gasteiger partial charge in [0.2, 0.25) is 16.9 Å². The minimum absolute atomic E-state index is 0.0508. The Morgan fingerprint density at radius 2 is 1.75 bits per heavy atom. The predicted molar refractivity (Wildman–Crippen MR) is 96.2 cm³/mol. The van der Waals surface area contributed by atoms with Crippen molar-refractivity contribution in [1.82, 2.24) is 15.5 Å². The number of anilines is 1. The van der Waals surface area contributed by atoms with Crippen LogP contribution in [0.1, 0.15) is 57.8 Å². The predicted octanol–water partition coefficient (Wildman–Crippen LogP) is 3.21. The largest absolute Gasteiger partial charge is 0.353 e. The molecule has 1 aromatic heterocycles. The van der Waals surface area contributed by atoms with Crippen LogP contribution in [0, 0.1) is 5.92 Å². The Bertz CT molecular complexity index is 566. The second-order valence-corrected chi connectivity index (χ2v) is 8.73. The molecule has 1 aromatic rings. The molecule has 2 N–H and O–H groups in total. The molecule has 2 aliphatic rings. The minimum atomic E-state index is 0.0508. The second kappa shape index (κ2) is 8.80. The van der Waals surface area contributed by atoms with Crippen LogP contribution in [0.5, 0.6) is 0 Å². The lowest BCUT2D eigenvalue weighted by molar-refractivity contribution is -0.121. The van der Waals surface area contributed by atoms with Crippen LogP contribution in [0.25, 0.3) is 0 Å². The van der Waals surface area contributed by atoms with E-state index in [4.69, 9.17) is 0 Å². The summed E-state index contributed by atoms with van der Waals surface area (Å²) in [4.78, 5) is 24.1. The van der Waals surface area contributed by atoms with E-state index in [9.17, 15) is 9.59 Å². The number of nitrogens with zero attached hydrogens (tertiary/aromatic N) is 2. The lowest BCUT2D eigenvalue weighted by Crippen LogP contribution is -2.33. The number of amides is 2. The summed E-state index contributed by atoms with van der Waals surface area (Å²) in [6.07, 6.45) is 10.0. The molecule has 0 aromatic carbocycles. The van der Waals surface area contributed by atoms with E-state index < -0.39 is 0 Å². The van der Waals surface area contributed by atoms with Crippen LogP contribution in [0.15, 0.2) is 4.34 Å². The third-order valence-electron chi connectivity index (χ3n) is 4.66. The molecule has 0 bridgehead atoms. The highest BCUT2D eigenvalue weighted by Gasteiger charge is 2.22. The summed E-state index contributed by atoms with van der Waals surface area (Å²) in [5, 5.41) is 14.5. The highest BCUT2D eigenvalue weighted by Crippen LogP contribution is 2.28. The molecule has 2 saturated carbocycles. The average molecular weight is 369 g/mol. The van der Waals surface area contributed by atoms with E-state index in [1.54, 1.807) is 0 Å². The van der Waals surface area contributed by atoms with Gasteiger partial charge >= 0.3 is 0 Å². The van der Waals surface area contributed by atoms with Crippen LogP contribution in [0.4, 0.5) is 5.13 Å². The molecule has 24 heavy (non-hydrogen) atoms. The summed E-state index contributed by atoms with van der Waals surface area (Å²) in [6.45, 7) is 0. The molecule has 6 nitrogen and oxygen atoms in total. The highest BCUT2D eigenvalue weighted by molar-refractivity contribution is 8.01. The van der Waals surface area contributed by atoms with Crippen molar-refractivity contribution in [2.75, 3.05) is 11.1 Å². The number of carbonyl (C=O) groups excluding carboxylic acids is 2. The maximum atomic E-state index is 12.2. The Balaban J connectivity index is 1.41. The first-order valence-electron chi connectivity index (χ1n) is 8.77. The first-order chi connectivity index (χ1) is 11.7. The van der Waals surface area contributed by atoms with E-state index >= 15 is 0 Å². The lowest BCUT2D eigenvalue weighted by atomic mass is 9.89. The SMILES string of the molecule is O=C(CSc1nnc(NC(=O)C2CCCCC2)s1)NC1CCCC1. The zero-order valence-electron chi connectivity index (χ0n) is 13.8. The Kier molecular flexibility index (Phi) is 6.48. The van der Waals surface area contributed by atoms with Gasteiger partial charge in [0, 0.05) is 12.0 Å². The fourth-order valence-corrected chi connectivity index (χ4v) is 4.92. The Morgan fingerprint density at radius 1 is 1.04 bits per heavy atom. The lowest BCUT2D eigenvalue weighted by Gasteiger charge is -2.19. The number of carbonyl (C=O) groups is 2. The van der Waals surface area contributed by atoms with Gasteiger partial charge in [0.15, 0.2) is 4.34 Å². The molecular formula is C16H24N4O2S2. The molecule has 0 radical (unpaired) electrons. The number of hydrogen-bond donors (Lipinski definition) is 2. The average Bonchev–Trinajstić information content (AvgIpc) is 3.26. The van der Waals surface area contributed by atoms with Crippen molar-refractivity contribution in [2.45, 2.75) is 68.2 Å². The van der Waals surface area contributed by atoms with Crippen LogP contribution in [-0.2, 0) is 9.59 Å². The highest BCUT2D eigenvalue weighted by atomic mass is 32.2. The van der Waals surface area contributed by atoms with Gasteiger partial charge in [-0.3, -0.25) is 9.59 Å². The summed E-state index contributed by atoms with van der Waals surface area (Å²) in [5.74, 6) is 0.564. The van der Waals surface area contributed by atoms with Crippen LogP contribution in [0.3, 0.4) is 0 Å². The minimum Gasteiger partial charge on any atom is -0.353 e. The fourth-order valence-electron chi connectivity index (χ4n) is 3.36. The van der Waals surface area contributed by atoms with Crippen molar-refractivity contribution in [3.8, 4) is 0 Å². The van der Waals surface area contributed by atoms with Crippen LogP contribution < -0.4 is 10.6 Å². The molecule has 0 spiro atoms. The van der Waals surface area contributed by atoms with E-state index in [-0.39, 0.29) is 17.7 Å². The van der Waals surface area contributed by atoms with E-state index in [0.29, 0.717) is 16.9 Å². The van der Waals surface area contributed by atoms with Crippen molar-refractivity contribution in [1.29, 1.82) is 0 Å². The first kappa shape index (κ1) is 17.7. The molecule has 1 heterocycles. The molecular weight excluding hydrogens is 344 g/mol. The second-order valence-electron chi connectivity index (χ2n) is 6.53. The van der Waals surface area contributed by atoms with Crippen molar-refractivity contribution in [3.05, 3.63) is 0 Å². The van der Waals surface area contributed by atoms with Gasteiger partial charge in [-0.15, -0.1) is 10.2 Å². The van der Waals surface area contributed by atoms with Crippen molar-refractivity contribution < 1.29 is 9.59 Å². The van der Waals surface area contributed by atoms with Gasteiger partial charge < -0.3 is 10.6 Å². The first-order valence-corrected chi connectivity index (χ1v) is 10.6. The smallest absolute Gasteiger partial charge is 0.230 e. The van der Waals surface area contributed by atoms with Crippen molar-refractivity contribution in [3.63, 3.8) is 0 Å². The summed E-state index contributed by atoms with van der Waals surface area (Å²) >= 11 is 2.72. The quantitative estimate of drug-likeness (QED) is 0.595. The maximum Gasteiger partial charge on any atom is 0.230 e. The standard InChI is InChI=1S/C16H24N4O2S2/c21-13(17-12-8-4-5-9-12)10-23-16-20-19-15(24-16)18-14(22)11-6-2-1-3-7-11/h11-12H,1-10H2,(H,17,21)(H,18,19,22). The number of rotatable bonds is 6. The molecule has 2 fully saturated rings. The molecule has 0 saturated heterocycles. The number of aromatic nitrogens is 2. The van der Waals surface area contributed by atoms with Gasteiger partial charge in [0.05, 0.1) is 5.75 Å². The Labute approximate surface area is 150 Å². The van der Waals surface area contributed by atoms with Gasteiger partial charge in [-0.05, 0) is 25.7 Å². The topological polar surface area (TPSA) is 84.0 Å². The monoisotopic (exact) mass is 368 g/mol. The maximum absolute atomic E-state index is 12.2. The normalized spacial score (nSPS) is 19.3. The third-order valence-corrected chi connectivity index (χ3v) is 6.63. The van der Waals surface area contributed by atoms with Gasteiger partial charge in [-0.25, -0.2) is 0 Å². The van der Waals surface area contributed by atoms with Crippen LogP contribution in [0.2, 0.25) is 0 Å². The molecule has 8 heteroatoms. The third kappa shape index (κ3) is 5.17. The summed E-state index contributed by atoms with van der Waals surface area (Å²) in [7, 11) is 0. The van der Waals surface area contributed by atoms with Gasteiger partial charge in [0.1, 0.15) is 0 Å². The van der Waals surface area contributed by atoms with Gasteiger partial charge in [-0.2, -0.15) is 0 Å². The summed E-state index contributed by atoms with van der Waals surface area (Å²) in [5.41, 5.74) is 0. The number of hydrogen-bond acceptors (Lipinski definition) is 6. The van der Waals surface area contributed by atoms with Gasteiger partial charge in [-0.1, -0.05) is 55.2 Å². The molecule has 0 aliphatic heterocycles. The summed E-state index contributed by atoms with van der Waals surface area (Å²) < 4.78 is 0.718. The van der Waals surface area contributed by atoms with Crippen LogP contribution in [-0.4, -0.2) is 33.8 Å². The molecule has 132 valence electrons. The van der Waals surface area contributed by atoms with Crippen molar-refractivity contribution >= 4 is 40.0 Å². The number of nitrogens with one attached hydrogen (secondary N) is 2. The number of thioether (sulfide) groups is 1. The Morgan fingerprint density at radius 3 is 2.50 bits per heavy atom. The van der Waals surface area contributed by atoms with E-state index in [1.165, 1.54) is 42.4 Å². The van der Waals surface area contributed by atoms with Gasteiger partial charge in [0.25, 0.3) is 0 Å². The molecule has 0 atom stereocenters. The van der Waals surface area contributed by atoms with Crippen LogP contribution >= 0.6 is 23.1 Å². The zero-order chi connectivity index (χ0) is 16.8. The van der Waals surface area contributed by atoms with E-state index in [0.717, 1.165) is 42.9 Å². The zero-order valence-corrected chi connectivity index (χ0v) is 15.4. The van der Waals surface area contributed by atoms with Crippen molar-refractivity contribution in [2.24, 2.45) is 5.92 Å². The molecule has 3 rings (SSSR count). The Hall–Kier alpha value is -1.15. The summed E-state index contributed by atoms with van der Waals surface area (Å²) in [6, 6.07) is 0.345. The van der Waals surface area contributed by atoms with E-state index in [2.05, 4.69) is 20.8 Å².